The van der Waals surface area contributed by atoms with Gasteiger partial charge in [0.2, 0.25) is 0 Å². The first kappa shape index (κ1) is 19.5. The van der Waals surface area contributed by atoms with Crippen LogP contribution < -0.4 is 0 Å². The Bertz CT molecular complexity index is 787. The summed E-state index contributed by atoms with van der Waals surface area (Å²) in [5, 5.41) is 9.30. The lowest BCUT2D eigenvalue weighted by atomic mass is 9.82. The van der Waals surface area contributed by atoms with Gasteiger partial charge in [0.15, 0.2) is 0 Å². The summed E-state index contributed by atoms with van der Waals surface area (Å²) < 4.78 is 19.0. The summed E-state index contributed by atoms with van der Waals surface area (Å²) in [6, 6.07) is 10.8. The predicted octanol–water partition coefficient (Wildman–Crippen LogP) is 3.95. The molecular formula is C22H26FN3O. The zero-order valence-electron chi connectivity index (χ0n) is 15.8. The summed E-state index contributed by atoms with van der Waals surface area (Å²) in [5.41, 5.74) is 2.92. The van der Waals surface area contributed by atoms with Crippen LogP contribution in [0.15, 0.2) is 42.7 Å². The third-order valence-corrected chi connectivity index (χ3v) is 5.41. The van der Waals surface area contributed by atoms with Gasteiger partial charge in [-0.15, -0.1) is 0 Å². The van der Waals surface area contributed by atoms with Crippen molar-refractivity contribution in [3.63, 3.8) is 0 Å². The van der Waals surface area contributed by atoms with Crippen LogP contribution in [0, 0.1) is 22.6 Å². The van der Waals surface area contributed by atoms with Gasteiger partial charge in [0.05, 0.1) is 18.2 Å². The molecule has 1 aliphatic rings. The van der Waals surface area contributed by atoms with E-state index in [1.165, 1.54) is 12.1 Å². The van der Waals surface area contributed by atoms with E-state index in [-0.39, 0.29) is 11.2 Å². The van der Waals surface area contributed by atoms with Crippen molar-refractivity contribution in [2.75, 3.05) is 26.3 Å². The highest BCUT2D eigenvalue weighted by atomic mass is 19.1. The van der Waals surface area contributed by atoms with Gasteiger partial charge in [0.1, 0.15) is 5.82 Å². The van der Waals surface area contributed by atoms with Crippen LogP contribution >= 0.6 is 0 Å². The number of benzene rings is 1. The maximum atomic E-state index is 13.1. The van der Waals surface area contributed by atoms with E-state index in [2.05, 4.69) is 16.0 Å². The molecule has 1 aliphatic heterocycles. The molecule has 0 bridgehead atoms. The first-order valence-electron chi connectivity index (χ1n) is 9.52. The molecule has 1 fully saturated rings. The van der Waals surface area contributed by atoms with Crippen LogP contribution in [0.25, 0.3) is 0 Å². The van der Waals surface area contributed by atoms with Crippen LogP contribution in [0.2, 0.25) is 0 Å². The van der Waals surface area contributed by atoms with E-state index in [0.717, 1.165) is 56.6 Å². The topological polar surface area (TPSA) is 49.1 Å². The Labute approximate surface area is 160 Å². The van der Waals surface area contributed by atoms with E-state index in [4.69, 9.17) is 4.74 Å². The molecule has 1 aromatic carbocycles. The lowest BCUT2D eigenvalue weighted by molar-refractivity contribution is 0.0489. The first-order valence-corrected chi connectivity index (χ1v) is 9.52. The maximum Gasteiger partial charge on any atom is 0.123 e. The van der Waals surface area contributed by atoms with Gasteiger partial charge in [0, 0.05) is 43.1 Å². The minimum atomic E-state index is -0.195. The number of halogens is 1. The van der Waals surface area contributed by atoms with Crippen molar-refractivity contribution in [1.29, 1.82) is 5.26 Å². The van der Waals surface area contributed by atoms with Crippen LogP contribution in [0.1, 0.15) is 36.5 Å². The molecule has 2 heterocycles. The normalized spacial score (nSPS) is 19.9. The van der Waals surface area contributed by atoms with Crippen molar-refractivity contribution in [2.24, 2.45) is 5.41 Å². The summed E-state index contributed by atoms with van der Waals surface area (Å²) >= 11 is 0. The van der Waals surface area contributed by atoms with Gasteiger partial charge in [-0.3, -0.25) is 9.88 Å². The number of aryl methyl sites for hydroxylation is 1. The third kappa shape index (κ3) is 5.12. The van der Waals surface area contributed by atoms with E-state index in [9.17, 15) is 9.65 Å². The highest BCUT2D eigenvalue weighted by molar-refractivity contribution is 5.34. The van der Waals surface area contributed by atoms with Gasteiger partial charge in [-0.05, 0) is 56.5 Å². The molecule has 2 aromatic rings. The molecular weight excluding hydrogens is 341 g/mol. The minimum absolute atomic E-state index is 0.0966. The van der Waals surface area contributed by atoms with Gasteiger partial charge in [-0.25, -0.2) is 4.39 Å². The molecule has 0 N–H and O–H groups in total. The summed E-state index contributed by atoms with van der Waals surface area (Å²) in [5.74, 6) is -0.195. The van der Waals surface area contributed by atoms with E-state index < -0.39 is 0 Å². The Balaban J connectivity index is 1.66. The maximum absolute atomic E-state index is 13.1. The fraction of sp³-hybridized carbons (Fsp3) is 0.455. The van der Waals surface area contributed by atoms with E-state index in [1.54, 1.807) is 18.5 Å². The van der Waals surface area contributed by atoms with Gasteiger partial charge >= 0.3 is 0 Å². The number of hydrogen-bond donors (Lipinski definition) is 0. The molecule has 0 unspecified atom stereocenters. The molecule has 0 saturated carbocycles. The van der Waals surface area contributed by atoms with Gasteiger partial charge in [-0.2, -0.15) is 5.26 Å². The zero-order valence-corrected chi connectivity index (χ0v) is 15.8. The lowest BCUT2D eigenvalue weighted by Crippen LogP contribution is -2.32. The monoisotopic (exact) mass is 367 g/mol. The molecule has 5 heteroatoms. The molecule has 1 atom stereocenters. The molecule has 0 radical (unpaired) electrons. The highest BCUT2D eigenvalue weighted by Crippen LogP contribution is 2.36. The zero-order chi connectivity index (χ0) is 19.1. The number of nitrogens with zero attached hydrogens (tertiary/aromatic N) is 3. The van der Waals surface area contributed by atoms with Crippen LogP contribution in [0.4, 0.5) is 4.39 Å². The van der Waals surface area contributed by atoms with Crippen molar-refractivity contribution in [2.45, 2.75) is 32.7 Å². The molecule has 1 aromatic heterocycles. The minimum Gasteiger partial charge on any atom is -0.381 e. The second-order valence-electron chi connectivity index (χ2n) is 7.37. The van der Waals surface area contributed by atoms with Crippen LogP contribution in [0.3, 0.4) is 0 Å². The van der Waals surface area contributed by atoms with Gasteiger partial charge in [0.25, 0.3) is 0 Å². The van der Waals surface area contributed by atoms with Crippen LogP contribution in [-0.2, 0) is 17.7 Å². The molecule has 0 spiro atoms. The Morgan fingerprint density at radius 3 is 2.85 bits per heavy atom. The van der Waals surface area contributed by atoms with Crippen molar-refractivity contribution in [3.8, 4) is 6.07 Å². The van der Waals surface area contributed by atoms with Gasteiger partial charge in [-0.1, -0.05) is 12.1 Å². The molecule has 0 aliphatic carbocycles. The number of aromatic nitrogens is 1. The lowest BCUT2D eigenvalue weighted by Gasteiger charge is -2.29. The second-order valence-corrected chi connectivity index (χ2v) is 7.37. The molecule has 27 heavy (non-hydrogen) atoms. The molecule has 3 rings (SSSR count). The van der Waals surface area contributed by atoms with Crippen LogP contribution in [0.5, 0.6) is 0 Å². The smallest absolute Gasteiger partial charge is 0.123 e. The number of hydrogen-bond acceptors (Lipinski definition) is 4. The van der Waals surface area contributed by atoms with E-state index >= 15 is 0 Å². The van der Waals surface area contributed by atoms with Crippen molar-refractivity contribution in [3.05, 3.63) is 65.2 Å². The molecule has 0 amide bonds. The molecule has 1 saturated heterocycles. The van der Waals surface area contributed by atoms with E-state index in [0.29, 0.717) is 12.2 Å². The third-order valence-electron chi connectivity index (χ3n) is 5.41. The number of rotatable bonds is 8. The Hall–Kier alpha value is -2.29. The quantitative estimate of drug-likeness (QED) is 0.709. The fourth-order valence-electron chi connectivity index (χ4n) is 3.84. The number of likely N-dealkylation sites (tertiary alicyclic amines) is 1. The Morgan fingerprint density at radius 2 is 2.11 bits per heavy atom. The average molecular weight is 367 g/mol. The van der Waals surface area contributed by atoms with Crippen molar-refractivity contribution >= 4 is 0 Å². The number of pyridine rings is 1. The van der Waals surface area contributed by atoms with Gasteiger partial charge < -0.3 is 4.74 Å². The van der Waals surface area contributed by atoms with E-state index in [1.807, 2.05) is 19.1 Å². The predicted molar refractivity (Wildman–Crippen MR) is 102 cm³/mol. The summed E-state index contributed by atoms with van der Waals surface area (Å²) in [7, 11) is 0. The standard InChI is InChI=1S/C22H26FN3O/c1-2-27-17-22(9-7-18-3-5-21(23)6-4-18)10-12-26(16-22)15-20-14-25-11-8-19(20)13-24/h3-6,8,11,14H,2,7,9-10,12,15-17H2,1H3/t22-/m0/s1. The van der Waals surface area contributed by atoms with Crippen molar-refractivity contribution < 1.29 is 9.13 Å². The number of nitriles is 1. The average Bonchev–Trinajstić information content (AvgIpc) is 3.09. The fourth-order valence-corrected chi connectivity index (χ4v) is 3.84. The SMILES string of the molecule is CCOC[C@@]1(CCc2ccc(F)cc2)CCN(Cc2cnccc2C#N)C1. The second kappa shape index (κ2) is 9.07. The Morgan fingerprint density at radius 1 is 1.30 bits per heavy atom. The number of ether oxygens (including phenoxy) is 1. The summed E-state index contributed by atoms with van der Waals surface area (Å²) in [6.07, 6.45) is 6.44. The van der Waals surface area contributed by atoms with Crippen LogP contribution in [-0.4, -0.2) is 36.2 Å². The largest absolute Gasteiger partial charge is 0.381 e. The molecule has 142 valence electrons. The Kier molecular flexibility index (Phi) is 6.54. The molecule has 4 nitrogen and oxygen atoms in total. The summed E-state index contributed by atoms with van der Waals surface area (Å²) in [6.45, 7) is 6.12. The highest BCUT2D eigenvalue weighted by Gasteiger charge is 2.38. The first-order chi connectivity index (χ1) is 13.1. The summed E-state index contributed by atoms with van der Waals surface area (Å²) in [4.78, 5) is 6.56. The van der Waals surface area contributed by atoms with Crippen molar-refractivity contribution in [1.82, 2.24) is 9.88 Å².